The first-order valence-electron chi connectivity index (χ1n) is 9.98. The monoisotopic (exact) mass is 397 g/mol. The quantitative estimate of drug-likeness (QED) is 0.282. The molecule has 0 aromatic heterocycles. The van der Waals surface area contributed by atoms with Crippen LogP contribution in [0.2, 0.25) is 0 Å². The fourth-order valence-electron chi connectivity index (χ4n) is 3.65. The molecule has 0 saturated carbocycles. The number of likely N-dealkylation sites (tertiary alicyclic amines) is 1. The van der Waals surface area contributed by atoms with Gasteiger partial charge in [-0.2, -0.15) is 0 Å². The van der Waals surface area contributed by atoms with Gasteiger partial charge in [0.15, 0.2) is 0 Å². The highest BCUT2D eigenvalue weighted by atomic mass is 16.4. The van der Waals surface area contributed by atoms with Crippen LogP contribution in [0.4, 0.5) is 0 Å². The van der Waals surface area contributed by atoms with E-state index in [2.05, 4.69) is 16.0 Å². The number of carbonyl (C=O) groups is 4. The topological polar surface area (TPSA) is 154 Å². The minimum Gasteiger partial charge on any atom is -0.480 e. The summed E-state index contributed by atoms with van der Waals surface area (Å²) in [6, 6.07) is -1.88. The molecular weight excluding hydrogens is 366 g/mol. The number of hydrogen-bond donors (Lipinski definition) is 5. The maximum Gasteiger partial charge on any atom is 0.326 e. The van der Waals surface area contributed by atoms with Crippen molar-refractivity contribution in [2.45, 2.75) is 63.1 Å². The third kappa shape index (κ3) is 6.16. The SMILES string of the molecule is NCCCCC(NC(=O)C1CCCN1)C(=O)NCC(=O)N1CCCC1C(=O)O. The molecule has 6 N–H and O–H groups in total. The van der Waals surface area contributed by atoms with Gasteiger partial charge in [-0.05, 0) is 58.0 Å². The number of aliphatic carboxylic acids is 1. The molecule has 2 rings (SSSR count). The number of nitrogens with two attached hydrogens (primary N) is 1. The molecule has 3 atom stereocenters. The Labute approximate surface area is 164 Å². The zero-order chi connectivity index (χ0) is 20.5. The maximum absolute atomic E-state index is 12.6. The van der Waals surface area contributed by atoms with Crippen LogP contribution in [0, 0.1) is 0 Å². The molecule has 3 amide bonds. The zero-order valence-electron chi connectivity index (χ0n) is 16.1. The lowest BCUT2D eigenvalue weighted by Crippen LogP contribution is -2.53. The molecule has 0 spiro atoms. The summed E-state index contributed by atoms with van der Waals surface area (Å²) in [5.41, 5.74) is 5.50. The van der Waals surface area contributed by atoms with Gasteiger partial charge >= 0.3 is 5.97 Å². The second-order valence-electron chi connectivity index (χ2n) is 7.30. The number of carbonyl (C=O) groups excluding carboxylic acids is 3. The molecule has 0 aromatic rings. The summed E-state index contributed by atoms with van der Waals surface area (Å²) >= 11 is 0. The fraction of sp³-hybridized carbons (Fsp3) is 0.778. The van der Waals surface area contributed by atoms with Crippen molar-refractivity contribution in [3.63, 3.8) is 0 Å². The molecule has 10 heteroatoms. The summed E-state index contributed by atoms with van der Waals surface area (Å²) in [5, 5.41) is 17.6. The summed E-state index contributed by atoms with van der Waals surface area (Å²) in [6.45, 7) is 1.36. The summed E-state index contributed by atoms with van der Waals surface area (Å²) in [7, 11) is 0. The largest absolute Gasteiger partial charge is 0.480 e. The van der Waals surface area contributed by atoms with Crippen molar-refractivity contribution < 1.29 is 24.3 Å². The lowest BCUT2D eigenvalue weighted by molar-refractivity contribution is -0.148. The van der Waals surface area contributed by atoms with E-state index in [0.717, 1.165) is 25.8 Å². The van der Waals surface area contributed by atoms with Gasteiger partial charge in [0.1, 0.15) is 12.1 Å². The van der Waals surface area contributed by atoms with Crippen LogP contribution in [0.3, 0.4) is 0 Å². The van der Waals surface area contributed by atoms with E-state index >= 15 is 0 Å². The van der Waals surface area contributed by atoms with E-state index in [1.807, 2.05) is 0 Å². The van der Waals surface area contributed by atoms with Crippen LogP contribution in [-0.2, 0) is 19.2 Å². The zero-order valence-corrected chi connectivity index (χ0v) is 16.1. The summed E-state index contributed by atoms with van der Waals surface area (Å²) in [6.07, 6.45) is 4.52. The number of carboxylic acids is 1. The van der Waals surface area contributed by atoms with Crippen LogP contribution < -0.4 is 21.7 Å². The van der Waals surface area contributed by atoms with Crippen LogP contribution in [0.5, 0.6) is 0 Å². The van der Waals surface area contributed by atoms with E-state index in [9.17, 15) is 24.3 Å². The molecule has 10 nitrogen and oxygen atoms in total. The number of unbranched alkanes of at least 4 members (excludes halogenated alkanes) is 1. The van der Waals surface area contributed by atoms with Crippen molar-refractivity contribution in [1.82, 2.24) is 20.9 Å². The average Bonchev–Trinajstić information content (AvgIpc) is 3.36. The summed E-state index contributed by atoms with van der Waals surface area (Å²) in [5.74, 6) is -2.12. The first-order valence-corrected chi connectivity index (χ1v) is 9.98. The molecule has 2 saturated heterocycles. The lowest BCUT2D eigenvalue weighted by atomic mass is 10.1. The normalized spacial score (nSPS) is 22.7. The molecule has 3 unspecified atom stereocenters. The molecule has 2 aliphatic heterocycles. The second-order valence-corrected chi connectivity index (χ2v) is 7.30. The molecule has 0 radical (unpaired) electrons. The Morgan fingerprint density at radius 3 is 2.61 bits per heavy atom. The number of amides is 3. The number of nitrogens with one attached hydrogen (secondary N) is 3. The number of carboxylic acid groups (broad SMARTS) is 1. The van der Waals surface area contributed by atoms with Gasteiger partial charge in [0.2, 0.25) is 17.7 Å². The summed E-state index contributed by atoms with van der Waals surface area (Å²) < 4.78 is 0. The second kappa shape index (κ2) is 11.0. The van der Waals surface area contributed by atoms with Crippen molar-refractivity contribution in [3.05, 3.63) is 0 Å². The predicted molar refractivity (Wildman–Crippen MR) is 101 cm³/mol. The smallest absolute Gasteiger partial charge is 0.326 e. The average molecular weight is 397 g/mol. The van der Waals surface area contributed by atoms with E-state index < -0.39 is 29.9 Å². The molecule has 2 heterocycles. The van der Waals surface area contributed by atoms with E-state index in [-0.39, 0.29) is 18.5 Å². The van der Waals surface area contributed by atoms with Gasteiger partial charge in [-0.25, -0.2) is 4.79 Å². The van der Waals surface area contributed by atoms with E-state index in [0.29, 0.717) is 38.8 Å². The highest BCUT2D eigenvalue weighted by molar-refractivity contribution is 5.92. The Kier molecular flexibility index (Phi) is 8.65. The van der Waals surface area contributed by atoms with Crippen molar-refractivity contribution in [3.8, 4) is 0 Å². The minimum atomic E-state index is -1.03. The van der Waals surface area contributed by atoms with Gasteiger partial charge in [0.05, 0.1) is 12.6 Å². The maximum atomic E-state index is 12.6. The van der Waals surface area contributed by atoms with Gasteiger partial charge in [0.25, 0.3) is 0 Å². The molecule has 2 aliphatic rings. The summed E-state index contributed by atoms with van der Waals surface area (Å²) in [4.78, 5) is 49.7. The standard InChI is InChI=1S/C18H31N5O5/c19-8-2-1-5-13(22-17(26)12-6-3-9-20-12)16(25)21-11-15(24)23-10-4-7-14(23)18(27)28/h12-14,20H,1-11,19H2,(H,21,25)(H,22,26)(H,27,28). The van der Waals surface area contributed by atoms with Gasteiger partial charge in [-0.1, -0.05) is 0 Å². The minimum absolute atomic E-state index is 0.220. The third-order valence-corrected chi connectivity index (χ3v) is 5.23. The van der Waals surface area contributed by atoms with Crippen molar-refractivity contribution >= 4 is 23.7 Å². The van der Waals surface area contributed by atoms with Crippen LogP contribution in [0.1, 0.15) is 44.9 Å². The number of nitrogens with zero attached hydrogens (tertiary/aromatic N) is 1. The molecule has 0 bridgehead atoms. The number of hydrogen-bond acceptors (Lipinski definition) is 6. The first-order chi connectivity index (χ1) is 13.4. The van der Waals surface area contributed by atoms with Crippen molar-refractivity contribution in [2.24, 2.45) is 5.73 Å². The Bertz CT molecular complexity index is 579. The molecule has 0 aliphatic carbocycles. The molecule has 158 valence electrons. The number of rotatable bonds is 10. The Morgan fingerprint density at radius 2 is 1.96 bits per heavy atom. The van der Waals surface area contributed by atoms with Gasteiger partial charge in [-0.3, -0.25) is 14.4 Å². The van der Waals surface area contributed by atoms with E-state index in [1.54, 1.807) is 0 Å². The van der Waals surface area contributed by atoms with E-state index in [4.69, 9.17) is 5.73 Å². The van der Waals surface area contributed by atoms with Crippen molar-refractivity contribution in [1.29, 1.82) is 0 Å². The van der Waals surface area contributed by atoms with Gasteiger partial charge in [0, 0.05) is 6.54 Å². The van der Waals surface area contributed by atoms with Crippen LogP contribution >= 0.6 is 0 Å². The molecule has 2 fully saturated rings. The lowest BCUT2D eigenvalue weighted by Gasteiger charge is -2.23. The first kappa shape index (κ1) is 22.1. The third-order valence-electron chi connectivity index (χ3n) is 5.23. The van der Waals surface area contributed by atoms with Gasteiger partial charge in [-0.15, -0.1) is 0 Å². The van der Waals surface area contributed by atoms with Crippen LogP contribution in [-0.4, -0.2) is 78.0 Å². The molecular formula is C18H31N5O5. The van der Waals surface area contributed by atoms with Crippen LogP contribution in [0.15, 0.2) is 0 Å². The van der Waals surface area contributed by atoms with E-state index in [1.165, 1.54) is 4.90 Å². The highest BCUT2D eigenvalue weighted by Gasteiger charge is 2.34. The fourth-order valence-corrected chi connectivity index (χ4v) is 3.65. The van der Waals surface area contributed by atoms with Gasteiger partial charge < -0.3 is 31.7 Å². The van der Waals surface area contributed by atoms with Crippen molar-refractivity contribution in [2.75, 3.05) is 26.2 Å². The Balaban J connectivity index is 1.88. The predicted octanol–water partition coefficient (Wildman–Crippen LogP) is -1.46. The molecule has 28 heavy (non-hydrogen) atoms. The highest BCUT2D eigenvalue weighted by Crippen LogP contribution is 2.17. The molecule has 0 aromatic carbocycles. The Hall–Kier alpha value is -2.20. The Morgan fingerprint density at radius 1 is 1.18 bits per heavy atom. The van der Waals surface area contributed by atoms with Crippen LogP contribution in [0.25, 0.3) is 0 Å².